The molecule has 0 radical (unpaired) electrons. The molecule has 4 amide bonds. The van der Waals surface area contributed by atoms with Crippen molar-refractivity contribution < 1.29 is 47.1 Å². The molecule has 1 aliphatic heterocycles. The first-order valence-electron chi connectivity index (χ1n) is 30.7. The molecule has 1 saturated heterocycles. The van der Waals surface area contributed by atoms with E-state index in [1.807, 2.05) is 101 Å². The molecule has 0 bridgehead atoms. The zero-order valence-electron chi connectivity index (χ0n) is 52.7. The van der Waals surface area contributed by atoms with E-state index in [0.717, 1.165) is 62.7 Å². The lowest BCUT2D eigenvalue weighted by Gasteiger charge is -2.36. The van der Waals surface area contributed by atoms with Gasteiger partial charge in [-0.25, -0.2) is 19.3 Å². The fraction of sp³-hybridized carbons (Fsp3) is 0.219. The Balaban J connectivity index is 0.804. The fourth-order valence-electron chi connectivity index (χ4n) is 11.2. The van der Waals surface area contributed by atoms with E-state index in [1.54, 1.807) is 94.4 Å². The highest BCUT2D eigenvalue weighted by Gasteiger charge is 2.42. The lowest BCUT2D eigenvalue weighted by atomic mass is 9.77. The van der Waals surface area contributed by atoms with E-state index in [4.69, 9.17) is 34.2 Å². The molecular weight excluding hydrogens is 1230 g/mol. The topological polar surface area (TPSA) is 228 Å². The van der Waals surface area contributed by atoms with Gasteiger partial charge in [-0.3, -0.25) is 28.8 Å². The highest BCUT2D eigenvalue weighted by atomic mass is 32.2. The first kappa shape index (κ1) is 65.0. The number of hydrogen-bond acceptors (Lipinski definition) is 15. The largest absolute Gasteiger partial charge is 0.484 e. The average Bonchev–Trinajstić information content (AvgIpc) is 1.16. The van der Waals surface area contributed by atoms with Gasteiger partial charge < -0.3 is 28.8 Å². The number of rotatable bonds is 24. The molecule has 478 valence electrons. The van der Waals surface area contributed by atoms with Crippen LogP contribution in [0.25, 0.3) is 22.5 Å². The Kier molecular flexibility index (Phi) is 20.0. The summed E-state index contributed by atoms with van der Waals surface area (Å²) in [5.41, 5.74) is 6.65. The number of imidazole rings is 1. The van der Waals surface area contributed by atoms with Gasteiger partial charge >= 0.3 is 12.1 Å². The molecule has 0 spiro atoms. The number of tetrazole rings is 1. The van der Waals surface area contributed by atoms with Crippen LogP contribution in [0.1, 0.15) is 90.9 Å². The van der Waals surface area contributed by atoms with Gasteiger partial charge in [-0.15, -0.1) is 5.10 Å². The molecule has 21 heteroatoms. The Bertz CT molecular complexity index is 4270. The number of esters is 1. The molecule has 2 unspecified atom stereocenters. The van der Waals surface area contributed by atoms with Gasteiger partial charge in [-0.05, 0) is 138 Å². The van der Waals surface area contributed by atoms with Crippen molar-refractivity contribution in [3.05, 3.63) is 251 Å². The lowest BCUT2D eigenvalue weighted by molar-refractivity contribution is -0.119. The second-order valence-electron chi connectivity index (χ2n) is 23.2. The van der Waals surface area contributed by atoms with E-state index in [9.17, 15) is 28.2 Å². The number of imide groups is 1. The van der Waals surface area contributed by atoms with Crippen molar-refractivity contribution in [1.82, 2.24) is 35.1 Å². The minimum absolute atomic E-state index is 0.0801. The molecule has 3 heterocycles. The van der Waals surface area contributed by atoms with Crippen LogP contribution in [-0.4, -0.2) is 94.2 Å². The van der Waals surface area contributed by atoms with E-state index < -0.39 is 45.2 Å². The van der Waals surface area contributed by atoms with Gasteiger partial charge in [0.1, 0.15) is 34.2 Å². The van der Waals surface area contributed by atoms with E-state index in [1.165, 1.54) is 11.9 Å². The quantitative estimate of drug-likeness (QED) is 0.0423. The minimum Gasteiger partial charge on any atom is -0.484 e. The van der Waals surface area contributed by atoms with Gasteiger partial charge in [0.2, 0.25) is 5.91 Å². The summed E-state index contributed by atoms with van der Waals surface area (Å²) < 4.78 is 41.6. The number of thioether (sulfide) groups is 1. The number of amides is 4. The predicted octanol–water partition coefficient (Wildman–Crippen LogP) is 13.6. The van der Waals surface area contributed by atoms with Gasteiger partial charge in [0.25, 0.3) is 11.1 Å². The fourth-order valence-corrected chi connectivity index (χ4v) is 13.2. The Morgan fingerprint density at radius 1 is 0.713 bits per heavy atom. The second kappa shape index (κ2) is 29.0. The van der Waals surface area contributed by atoms with Crippen LogP contribution >= 0.6 is 11.8 Å². The number of carbonyl (C=O) groups excluding carboxylic acids is 5. The summed E-state index contributed by atoms with van der Waals surface area (Å²) in [5.74, 6) is 0.834. The van der Waals surface area contributed by atoms with Gasteiger partial charge in [0.15, 0.2) is 18.1 Å². The van der Waals surface area contributed by atoms with E-state index in [2.05, 4.69) is 70.4 Å². The number of aromatic nitrogens is 6. The number of benzene rings is 8. The SMILES string of the molecule is CCCc1nc(CS(=O)c2ccc(Oc3ccc(NC(=O)COc4ccc(CC5SC(=O)NC5=O)cc4)c(N(C)C(=O)OC(C)(C)C)c3)cc2)c(C(=O)OCC)n1Cc1ccc(-c2ccccc2-c2nnnn2C(c2ccccc2)(c2ccccc2)c2ccccc2)cc1. The molecule has 94 heavy (non-hydrogen) atoms. The number of carbonyl (C=O) groups is 5. The predicted molar refractivity (Wildman–Crippen MR) is 361 cm³/mol. The molecule has 2 atom stereocenters. The third kappa shape index (κ3) is 14.7. The summed E-state index contributed by atoms with van der Waals surface area (Å²) in [6.45, 7) is 9.05. The van der Waals surface area contributed by atoms with Crippen molar-refractivity contribution >= 4 is 63.1 Å². The maximum Gasteiger partial charge on any atom is 0.414 e. The van der Waals surface area contributed by atoms with Crippen molar-refractivity contribution in [3.8, 4) is 39.8 Å². The van der Waals surface area contributed by atoms with Gasteiger partial charge in [-0.2, -0.15) is 0 Å². The maximum atomic E-state index is 14.4. The third-order valence-electron chi connectivity index (χ3n) is 15.5. The first-order valence-corrected chi connectivity index (χ1v) is 32.9. The molecule has 2 N–H and O–H groups in total. The summed E-state index contributed by atoms with van der Waals surface area (Å²) in [7, 11) is -0.172. The smallest absolute Gasteiger partial charge is 0.414 e. The molecule has 1 fully saturated rings. The Morgan fingerprint density at radius 2 is 1.31 bits per heavy atom. The molecule has 11 rings (SSSR count). The van der Waals surface area contributed by atoms with Crippen LogP contribution < -0.4 is 25.0 Å². The zero-order valence-corrected chi connectivity index (χ0v) is 54.3. The maximum absolute atomic E-state index is 14.4. The molecule has 19 nitrogen and oxygen atoms in total. The van der Waals surface area contributed by atoms with Gasteiger partial charge in [-0.1, -0.05) is 170 Å². The number of nitrogens with zero attached hydrogens (tertiary/aromatic N) is 7. The molecule has 2 aromatic heterocycles. The zero-order chi connectivity index (χ0) is 65.9. The van der Waals surface area contributed by atoms with Crippen LogP contribution in [0.3, 0.4) is 0 Å². The third-order valence-corrected chi connectivity index (χ3v) is 17.9. The highest BCUT2D eigenvalue weighted by molar-refractivity contribution is 8.15. The van der Waals surface area contributed by atoms with Crippen LogP contribution in [-0.2, 0) is 60.5 Å². The summed E-state index contributed by atoms with van der Waals surface area (Å²) in [4.78, 5) is 71.3. The lowest BCUT2D eigenvalue weighted by Crippen LogP contribution is -2.39. The average molecular weight is 1300 g/mol. The molecule has 8 aromatic carbocycles. The van der Waals surface area contributed by atoms with Crippen LogP contribution in [0.4, 0.5) is 21.0 Å². The van der Waals surface area contributed by atoms with Crippen molar-refractivity contribution in [2.75, 3.05) is 30.5 Å². The minimum atomic E-state index is -1.68. The van der Waals surface area contributed by atoms with Gasteiger partial charge in [0, 0.05) is 36.5 Å². The van der Waals surface area contributed by atoms with Crippen molar-refractivity contribution in [2.24, 2.45) is 0 Å². The Hall–Kier alpha value is -10.5. The summed E-state index contributed by atoms with van der Waals surface area (Å²) in [5, 5.41) is 18.1. The normalized spacial score (nSPS) is 13.4. The summed E-state index contributed by atoms with van der Waals surface area (Å²) in [6.07, 6.45) is 0.953. The standard InChI is InChI=1S/C73H69N9O10S2/c1-7-20-64-74-61(47-94(88)57-40-37-55(38-41-57)91-56-39-42-60(62(44-56)80(6)71(87)92-72(3,4)5)75-65(83)46-90-54-35-31-48(32-36-54)43-63-68(84)76-70(86)93-63)66(69(85)89-8-2)81(64)45-49-29-33-50(34-30-49)58-27-18-19-28-59(58)67-77-78-79-82(67)73(51-21-12-9-13-22-51,52-23-14-10-15-24-52)53-25-16-11-17-26-53/h9-19,21-42,44,63H,7-8,20,43,45-47H2,1-6H3,(H,75,83)(H,76,84,86). The molecule has 0 saturated carbocycles. The number of anilines is 2. The number of ether oxygens (including phenoxy) is 4. The Labute approximate surface area is 551 Å². The van der Waals surface area contributed by atoms with Crippen molar-refractivity contribution in [1.29, 1.82) is 0 Å². The number of hydrogen-bond donors (Lipinski definition) is 2. The summed E-state index contributed by atoms with van der Waals surface area (Å²) in [6, 6.07) is 65.4. The molecular formula is C73H69N9O10S2. The summed E-state index contributed by atoms with van der Waals surface area (Å²) >= 11 is 0.950. The van der Waals surface area contributed by atoms with Crippen molar-refractivity contribution in [2.45, 2.75) is 87.5 Å². The Morgan fingerprint density at radius 3 is 1.90 bits per heavy atom. The van der Waals surface area contributed by atoms with Crippen LogP contribution in [0.5, 0.6) is 17.2 Å². The van der Waals surface area contributed by atoms with E-state index in [-0.39, 0.29) is 53.7 Å². The number of nitrogens with one attached hydrogen (secondary N) is 2. The van der Waals surface area contributed by atoms with E-state index in [0.29, 0.717) is 52.3 Å². The van der Waals surface area contributed by atoms with Crippen molar-refractivity contribution in [3.63, 3.8) is 0 Å². The van der Waals surface area contributed by atoms with E-state index >= 15 is 0 Å². The number of aryl methyl sites for hydroxylation is 1. The van der Waals surface area contributed by atoms with Gasteiger partial charge in [0.05, 0.1) is 45.5 Å². The molecule has 10 aromatic rings. The van der Waals surface area contributed by atoms with Crippen LogP contribution in [0.15, 0.2) is 211 Å². The van der Waals surface area contributed by atoms with Crippen LogP contribution in [0.2, 0.25) is 0 Å². The van der Waals surface area contributed by atoms with Crippen LogP contribution in [0, 0.1) is 0 Å². The highest BCUT2D eigenvalue weighted by Crippen LogP contribution is 2.44. The molecule has 0 aliphatic carbocycles. The molecule has 1 aliphatic rings. The monoisotopic (exact) mass is 1300 g/mol. The second-order valence-corrected chi connectivity index (χ2v) is 25.8. The first-order chi connectivity index (χ1) is 45.5.